The van der Waals surface area contributed by atoms with Gasteiger partial charge in [-0.1, -0.05) is 20.4 Å². The van der Waals surface area contributed by atoms with Gasteiger partial charge in [-0.25, -0.2) is 8.42 Å². The molecule has 112 valence electrons. The van der Waals surface area contributed by atoms with Crippen molar-refractivity contribution in [3.63, 3.8) is 0 Å². The Morgan fingerprint density at radius 3 is 1.81 bits per heavy atom. The van der Waals surface area contributed by atoms with Crippen LogP contribution in [0, 0.1) is 0 Å². The van der Waals surface area contributed by atoms with Crippen LogP contribution in [0.1, 0.15) is 13.8 Å². The van der Waals surface area contributed by atoms with Crippen molar-refractivity contribution in [2.45, 2.75) is 23.6 Å². The maximum absolute atomic E-state index is 12.3. The predicted octanol–water partition coefficient (Wildman–Crippen LogP) is 3.77. The Morgan fingerprint density at radius 1 is 0.952 bits per heavy atom. The Morgan fingerprint density at radius 2 is 1.38 bits per heavy atom. The summed E-state index contributed by atoms with van der Waals surface area (Å²) in [4.78, 5) is 0.289. The van der Waals surface area contributed by atoms with Gasteiger partial charge < -0.3 is 9.84 Å². The van der Waals surface area contributed by atoms with E-state index in [1.807, 2.05) is 13.8 Å². The van der Waals surface area contributed by atoms with Gasteiger partial charge in [-0.05, 0) is 48.5 Å². The molecule has 21 heavy (non-hydrogen) atoms. The second-order valence-corrected chi connectivity index (χ2v) is 5.70. The standard InChI is InChI=1S/C14H12O4S.C2H6/c1-2-18-12-5-9-14(10-6-12)19(16,17)13-7-3-11(15)4-8-13;1-2/h2-10,15H,1H2;1-2H3. The highest BCUT2D eigenvalue weighted by atomic mass is 32.2. The van der Waals surface area contributed by atoms with Crippen LogP contribution in [-0.2, 0) is 9.84 Å². The van der Waals surface area contributed by atoms with Crippen molar-refractivity contribution < 1.29 is 18.3 Å². The minimum Gasteiger partial charge on any atom is -0.508 e. The maximum atomic E-state index is 12.3. The van der Waals surface area contributed by atoms with Crippen molar-refractivity contribution in [2.24, 2.45) is 0 Å². The van der Waals surface area contributed by atoms with E-state index in [2.05, 4.69) is 6.58 Å². The van der Waals surface area contributed by atoms with Gasteiger partial charge in [-0.2, -0.15) is 0 Å². The molecule has 1 N–H and O–H groups in total. The fourth-order valence-electron chi connectivity index (χ4n) is 1.55. The quantitative estimate of drug-likeness (QED) is 0.873. The predicted molar refractivity (Wildman–Crippen MR) is 82.2 cm³/mol. The van der Waals surface area contributed by atoms with E-state index in [1.54, 1.807) is 12.1 Å². The minimum atomic E-state index is -3.58. The Balaban J connectivity index is 0.00000106. The third kappa shape index (κ3) is 4.10. The summed E-state index contributed by atoms with van der Waals surface area (Å²) in [5, 5.41) is 9.17. The number of phenols is 1. The average molecular weight is 306 g/mol. The number of rotatable bonds is 4. The summed E-state index contributed by atoms with van der Waals surface area (Å²) in [7, 11) is -3.58. The van der Waals surface area contributed by atoms with Crippen molar-refractivity contribution in [2.75, 3.05) is 0 Å². The third-order valence-corrected chi connectivity index (χ3v) is 4.29. The van der Waals surface area contributed by atoms with Crippen LogP contribution in [0.2, 0.25) is 0 Å². The zero-order valence-electron chi connectivity index (χ0n) is 12.0. The Hall–Kier alpha value is -2.27. The molecular weight excluding hydrogens is 288 g/mol. The molecule has 0 bridgehead atoms. The van der Waals surface area contributed by atoms with E-state index in [4.69, 9.17) is 9.84 Å². The molecule has 0 amide bonds. The molecule has 0 unspecified atom stereocenters. The Kier molecular flexibility index (Phi) is 5.99. The van der Waals surface area contributed by atoms with E-state index in [0.717, 1.165) is 0 Å². The lowest BCUT2D eigenvalue weighted by Gasteiger charge is -2.06. The smallest absolute Gasteiger partial charge is 0.206 e. The normalized spacial score (nSPS) is 10.2. The highest BCUT2D eigenvalue weighted by molar-refractivity contribution is 7.91. The number of hydrogen-bond donors (Lipinski definition) is 1. The third-order valence-electron chi connectivity index (χ3n) is 2.50. The van der Waals surface area contributed by atoms with Crippen LogP contribution in [0.25, 0.3) is 0 Å². The molecule has 2 aromatic carbocycles. The molecule has 0 fully saturated rings. The Labute approximate surface area is 125 Å². The topological polar surface area (TPSA) is 63.6 Å². The van der Waals surface area contributed by atoms with Crippen LogP contribution in [0.4, 0.5) is 0 Å². The first-order chi connectivity index (χ1) is 10.0. The molecule has 0 aromatic heterocycles. The number of aromatic hydroxyl groups is 1. The first-order valence-electron chi connectivity index (χ1n) is 6.46. The van der Waals surface area contributed by atoms with Gasteiger partial charge in [0.15, 0.2) is 0 Å². The van der Waals surface area contributed by atoms with Gasteiger partial charge in [0.2, 0.25) is 9.84 Å². The van der Waals surface area contributed by atoms with Crippen molar-refractivity contribution >= 4 is 9.84 Å². The Bertz CT molecular complexity index is 671. The van der Waals surface area contributed by atoms with Gasteiger partial charge in [-0.15, -0.1) is 0 Å². The second kappa shape index (κ2) is 7.50. The largest absolute Gasteiger partial charge is 0.508 e. The maximum Gasteiger partial charge on any atom is 0.206 e. The van der Waals surface area contributed by atoms with E-state index in [1.165, 1.54) is 42.7 Å². The van der Waals surface area contributed by atoms with Crippen LogP contribution in [0.5, 0.6) is 11.5 Å². The highest BCUT2D eigenvalue weighted by Gasteiger charge is 2.17. The highest BCUT2D eigenvalue weighted by Crippen LogP contribution is 2.24. The lowest BCUT2D eigenvalue weighted by molar-refractivity contribution is 0.475. The fourth-order valence-corrected chi connectivity index (χ4v) is 2.82. The molecule has 2 rings (SSSR count). The number of ether oxygens (including phenoxy) is 1. The zero-order chi connectivity index (χ0) is 15.9. The summed E-state index contributed by atoms with van der Waals surface area (Å²) in [5.74, 6) is 0.535. The van der Waals surface area contributed by atoms with E-state index in [-0.39, 0.29) is 15.5 Å². The van der Waals surface area contributed by atoms with E-state index >= 15 is 0 Å². The van der Waals surface area contributed by atoms with Gasteiger partial charge in [0, 0.05) is 0 Å². The lowest BCUT2D eigenvalue weighted by Crippen LogP contribution is -2.01. The van der Waals surface area contributed by atoms with Crippen molar-refractivity contribution in [1.82, 2.24) is 0 Å². The van der Waals surface area contributed by atoms with Crippen LogP contribution < -0.4 is 4.74 Å². The lowest BCUT2D eigenvalue weighted by atomic mass is 10.3. The van der Waals surface area contributed by atoms with Gasteiger partial charge in [0.25, 0.3) is 0 Å². The summed E-state index contributed by atoms with van der Waals surface area (Å²) in [6.07, 6.45) is 1.27. The molecule has 0 heterocycles. The molecule has 2 aromatic rings. The number of benzene rings is 2. The van der Waals surface area contributed by atoms with E-state index < -0.39 is 9.84 Å². The average Bonchev–Trinajstić information content (AvgIpc) is 2.51. The molecule has 0 aliphatic rings. The summed E-state index contributed by atoms with van der Waals surface area (Å²) in [6, 6.07) is 11.4. The van der Waals surface area contributed by atoms with Crippen LogP contribution in [-0.4, -0.2) is 13.5 Å². The van der Waals surface area contributed by atoms with Crippen LogP contribution in [0.15, 0.2) is 71.2 Å². The molecule has 0 radical (unpaired) electrons. The van der Waals surface area contributed by atoms with Crippen molar-refractivity contribution in [3.05, 3.63) is 61.4 Å². The van der Waals surface area contributed by atoms with Crippen molar-refractivity contribution in [3.8, 4) is 11.5 Å². The molecule has 0 atom stereocenters. The molecule has 0 saturated heterocycles. The van der Waals surface area contributed by atoms with Gasteiger partial charge in [0.1, 0.15) is 11.5 Å². The van der Waals surface area contributed by atoms with E-state index in [0.29, 0.717) is 5.75 Å². The number of sulfone groups is 1. The first kappa shape index (κ1) is 16.8. The van der Waals surface area contributed by atoms with Gasteiger partial charge in [-0.3, -0.25) is 0 Å². The van der Waals surface area contributed by atoms with E-state index in [9.17, 15) is 8.42 Å². The molecule has 5 heteroatoms. The first-order valence-corrected chi connectivity index (χ1v) is 7.94. The van der Waals surface area contributed by atoms with Crippen molar-refractivity contribution in [1.29, 1.82) is 0 Å². The molecule has 0 saturated carbocycles. The number of phenolic OH excluding ortho intramolecular Hbond substituents is 1. The minimum absolute atomic E-state index is 0.0219. The molecule has 0 aliphatic heterocycles. The van der Waals surface area contributed by atoms with Gasteiger partial charge >= 0.3 is 0 Å². The zero-order valence-corrected chi connectivity index (χ0v) is 12.8. The molecule has 4 nitrogen and oxygen atoms in total. The summed E-state index contributed by atoms with van der Waals surface area (Å²) in [6.45, 7) is 7.42. The second-order valence-electron chi connectivity index (χ2n) is 3.75. The summed E-state index contributed by atoms with van der Waals surface area (Å²) < 4.78 is 29.6. The molecule has 0 aliphatic carbocycles. The fraction of sp³-hybridized carbons (Fsp3) is 0.125. The molecular formula is C16H18O4S. The number of hydrogen-bond acceptors (Lipinski definition) is 4. The van der Waals surface area contributed by atoms with Crippen LogP contribution in [0.3, 0.4) is 0 Å². The molecule has 0 spiro atoms. The summed E-state index contributed by atoms with van der Waals surface area (Å²) >= 11 is 0. The van der Waals surface area contributed by atoms with Gasteiger partial charge in [0.05, 0.1) is 16.1 Å². The SMILES string of the molecule is C=COc1ccc(S(=O)(=O)c2ccc(O)cc2)cc1.CC. The monoisotopic (exact) mass is 306 g/mol. The summed E-state index contributed by atoms with van der Waals surface area (Å²) in [5.41, 5.74) is 0. The van der Waals surface area contributed by atoms with Crippen LogP contribution >= 0.6 is 0 Å².